The number of anilines is 1. The zero-order valence-electron chi connectivity index (χ0n) is 10.8. The van der Waals surface area contributed by atoms with E-state index < -0.39 is 0 Å². The lowest BCUT2D eigenvalue weighted by Crippen LogP contribution is -2.13. The topological polar surface area (TPSA) is 73.3 Å². The molecule has 0 aliphatic rings. The van der Waals surface area contributed by atoms with E-state index in [0.717, 1.165) is 28.5 Å². The SMILES string of the molecule is COc1ccc(C(N)=S)c(NCc2cc(C)no2)c1. The van der Waals surface area contributed by atoms with E-state index >= 15 is 0 Å². The van der Waals surface area contributed by atoms with Crippen molar-refractivity contribution in [1.82, 2.24) is 5.16 Å². The molecular formula is C13H15N3O2S. The van der Waals surface area contributed by atoms with Crippen LogP contribution in [0.5, 0.6) is 5.75 Å². The van der Waals surface area contributed by atoms with E-state index in [-0.39, 0.29) is 0 Å². The van der Waals surface area contributed by atoms with Gasteiger partial charge >= 0.3 is 0 Å². The number of ether oxygens (including phenoxy) is 1. The van der Waals surface area contributed by atoms with Crippen LogP contribution in [0.4, 0.5) is 5.69 Å². The number of aromatic nitrogens is 1. The van der Waals surface area contributed by atoms with Gasteiger partial charge in [-0.25, -0.2) is 0 Å². The van der Waals surface area contributed by atoms with Gasteiger partial charge in [-0.15, -0.1) is 0 Å². The first-order valence-corrected chi connectivity index (χ1v) is 6.15. The third-order valence-electron chi connectivity index (χ3n) is 2.62. The van der Waals surface area contributed by atoms with E-state index in [1.807, 2.05) is 31.2 Å². The van der Waals surface area contributed by atoms with Crippen molar-refractivity contribution in [2.24, 2.45) is 5.73 Å². The van der Waals surface area contributed by atoms with Crippen LogP contribution in [0.25, 0.3) is 0 Å². The molecule has 0 unspecified atom stereocenters. The molecule has 19 heavy (non-hydrogen) atoms. The fraction of sp³-hybridized carbons (Fsp3) is 0.231. The molecule has 5 nitrogen and oxygen atoms in total. The van der Waals surface area contributed by atoms with Gasteiger partial charge in [0.1, 0.15) is 10.7 Å². The number of nitrogens with zero attached hydrogens (tertiary/aromatic N) is 1. The summed E-state index contributed by atoms with van der Waals surface area (Å²) in [5.41, 5.74) is 8.12. The fourth-order valence-corrected chi connectivity index (χ4v) is 1.87. The van der Waals surface area contributed by atoms with E-state index in [1.165, 1.54) is 0 Å². The first-order chi connectivity index (χ1) is 9.10. The number of benzene rings is 1. The molecule has 100 valence electrons. The Kier molecular flexibility index (Phi) is 4.01. The number of methoxy groups -OCH3 is 1. The second-order valence-electron chi connectivity index (χ2n) is 4.06. The average molecular weight is 277 g/mol. The van der Waals surface area contributed by atoms with E-state index in [0.29, 0.717) is 11.5 Å². The minimum atomic E-state index is 0.332. The molecule has 1 aromatic carbocycles. The second-order valence-corrected chi connectivity index (χ2v) is 4.50. The quantitative estimate of drug-likeness (QED) is 0.817. The molecule has 2 aromatic rings. The van der Waals surface area contributed by atoms with Gasteiger partial charge in [0.15, 0.2) is 5.76 Å². The number of nitrogens with two attached hydrogens (primary N) is 1. The smallest absolute Gasteiger partial charge is 0.156 e. The summed E-state index contributed by atoms with van der Waals surface area (Å²) in [6.07, 6.45) is 0. The van der Waals surface area contributed by atoms with Crippen LogP contribution in [0, 0.1) is 6.92 Å². The maximum absolute atomic E-state index is 5.69. The van der Waals surface area contributed by atoms with Crippen molar-refractivity contribution in [2.75, 3.05) is 12.4 Å². The molecular weight excluding hydrogens is 262 g/mol. The molecule has 0 aliphatic carbocycles. The zero-order valence-corrected chi connectivity index (χ0v) is 11.6. The minimum absolute atomic E-state index is 0.332. The molecule has 0 saturated heterocycles. The standard InChI is InChI=1S/C13H15N3O2S/c1-8-5-10(18-16-8)7-15-12-6-9(17-2)3-4-11(12)13(14)19/h3-6,15H,7H2,1-2H3,(H2,14,19). The Balaban J connectivity index is 2.19. The molecule has 0 atom stereocenters. The van der Waals surface area contributed by atoms with Crippen molar-refractivity contribution >= 4 is 22.9 Å². The average Bonchev–Trinajstić information content (AvgIpc) is 2.81. The lowest BCUT2D eigenvalue weighted by Gasteiger charge is -2.11. The van der Waals surface area contributed by atoms with Gasteiger partial charge in [0.05, 0.1) is 19.3 Å². The van der Waals surface area contributed by atoms with Gasteiger partial charge in [0.2, 0.25) is 0 Å². The van der Waals surface area contributed by atoms with Crippen LogP contribution in [-0.2, 0) is 6.54 Å². The van der Waals surface area contributed by atoms with Gasteiger partial charge in [0, 0.05) is 23.4 Å². The summed E-state index contributed by atoms with van der Waals surface area (Å²) in [5.74, 6) is 1.48. The molecule has 1 aromatic heterocycles. The van der Waals surface area contributed by atoms with Crippen LogP contribution >= 0.6 is 12.2 Å². The highest BCUT2D eigenvalue weighted by molar-refractivity contribution is 7.80. The first kappa shape index (κ1) is 13.4. The summed E-state index contributed by atoms with van der Waals surface area (Å²) in [4.78, 5) is 0.332. The monoisotopic (exact) mass is 277 g/mol. The zero-order chi connectivity index (χ0) is 13.8. The van der Waals surface area contributed by atoms with Crippen LogP contribution in [0.3, 0.4) is 0 Å². The molecule has 0 fully saturated rings. The highest BCUT2D eigenvalue weighted by Crippen LogP contribution is 2.23. The van der Waals surface area contributed by atoms with Crippen LogP contribution in [-0.4, -0.2) is 17.3 Å². The van der Waals surface area contributed by atoms with Crippen molar-refractivity contribution in [3.05, 3.63) is 41.3 Å². The third kappa shape index (κ3) is 3.23. The molecule has 0 saturated carbocycles. The number of rotatable bonds is 5. The maximum atomic E-state index is 5.69. The molecule has 0 aliphatic heterocycles. The Labute approximate surface area is 116 Å². The van der Waals surface area contributed by atoms with Crippen LogP contribution in [0.15, 0.2) is 28.8 Å². The first-order valence-electron chi connectivity index (χ1n) is 5.74. The minimum Gasteiger partial charge on any atom is -0.497 e. The number of aryl methyl sites for hydroxylation is 1. The Morgan fingerprint density at radius 1 is 1.47 bits per heavy atom. The van der Waals surface area contributed by atoms with E-state index in [2.05, 4.69) is 10.5 Å². The van der Waals surface area contributed by atoms with Crippen molar-refractivity contribution in [3.8, 4) is 5.75 Å². The molecule has 0 radical (unpaired) electrons. The highest BCUT2D eigenvalue weighted by atomic mass is 32.1. The Hall–Kier alpha value is -2.08. The normalized spacial score (nSPS) is 10.2. The summed E-state index contributed by atoms with van der Waals surface area (Å²) in [6, 6.07) is 7.36. The molecule has 0 amide bonds. The van der Waals surface area contributed by atoms with E-state index in [1.54, 1.807) is 7.11 Å². The third-order valence-corrected chi connectivity index (χ3v) is 2.84. The lowest BCUT2D eigenvalue weighted by atomic mass is 10.1. The molecule has 0 bridgehead atoms. The Morgan fingerprint density at radius 2 is 2.26 bits per heavy atom. The summed E-state index contributed by atoms with van der Waals surface area (Å²) in [7, 11) is 1.61. The lowest BCUT2D eigenvalue weighted by molar-refractivity contribution is 0.384. The highest BCUT2D eigenvalue weighted by Gasteiger charge is 2.08. The fourth-order valence-electron chi connectivity index (χ4n) is 1.69. The van der Waals surface area contributed by atoms with Crippen LogP contribution in [0.1, 0.15) is 17.0 Å². The summed E-state index contributed by atoms with van der Waals surface area (Å²) in [6.45, 7) is 2.38. The van der Waals surface area contributed by atoms with Crippen LogP contribution in [0.2, 0.25) is 0 Å². The predicted octanol–water partition coefficient (Wildman–Crippen LogP) is 2.24. The van der Waals surface area contributed by atoms with E-state index in [9.17, 15) is 0 Å². The van der Waals surface area contributed by atoms with Gasteiger partial charge in [-0.2, -0.15) is 0 Å². The van der Waals surface area contributed by atoms with Gasteiger partial charge in [-0.1, -0.05) is 17.4 Å². The van der Waals surface area contributed by atoms with Crippen molar-refractivity contribution < 1.29 is 9.26 Å². The van der Waals surface area contributed by atoms with Gasteiger partial charge in [0.25, 0.3) is 0 Å². The van der Waals surface area contributed by atoms with E-state index in [4.69, 9.17) is 27.2 Å². The van der Waals surface area contributed by atoms with Gasteiger partial charge in [-0.3, -0.25) is 0 Å². The Bertz CT molecular complexity index is 595. The maximum Gasteiger partial charge on any atom is 0.156 e. The number of hydrogen-bond donors (Lipinski definition) is 2. The molecule has 2 rings (SSSR count). The van der Waals surface area contributed by atoms with Crippen molar-refractivity contribution in [1.29, 1.82) is 0 Å². The van der Waals surface area contributed by atoms with Crippen LogP contribution < -0.4 is 15.8 Å². The summed E-state index contributed by atoms with van der Waals surface area (Å²) in [5, 5.41) is 7.05. The van der Waals surface area contributed by atoms with Crippen molar-refractivity contribution in [2.45, 2.75) is 13.5 Å². The largest absolute Gasteiger partial charge is 0.497 e. The summed E-state index contributed by atoms with van der Waals surface area (Å²) < 4.78 is 10.3. The predicted molar refractivity (Wildman–Crippen MR) is 77.4 cm³/mol. The van der Waals surface area contributed by atoms with Gasteiger partial charge in [-0.05, 0) is 19.1 Å². The Morgan fingerprint density at radius 3 is 2.84 bits per heavy atom. The van der Waals surface area contributed by atoms with Gasteiger partial charge < -0.3 is 20.3 Å². The van der Waals surface area contributed by atoms with Crippen molar-refractivity contribution in [3.63, 3.8) is 0 Å². The number of hydrogen-bond acceptors (Lipinski definition) is 5. The summed E-state index contributed by atoms with van der Waals surface area (Å²) >= 11 is 5.03. The molecule has 3 N–H and O–H groups in total. The molecule has 6 heteroatoms. The number of nitrogens with one attached hydrogen (secondary N) is 1. The molecule has 1 heterocycles. The number of thiocarbonyl (C=S) groups is 1. The molecule has 0 spiro atoms. The second kappa shape index (κ2) is 5.71.